The third-order valence-corrected chi connectivity index (χ3v) is 4.70. The summed E-state index contributed by atoms with van der Waals surface area (Å²) < 4.78 is 1.79. The van der Waals surface area contributed by atoms with Gasteiger partial charge in [-0.1, -0.05) is 39.0 Å². The van der Waals surface area contributed by atoms with Crippen LogP contribution in [0.25, 0.3) is 0 Å². The van der Waals surface area contributed by atoms with Crippen LogP contribution in [0.2, 0.25) is 0 Å². The lowest BCUT2D eigenvalue weighted by Gasteiger charge is -2.24. The van der Waals surface area contributed by atoms with Gasteiger partial charge in [-0.25, -0.2) is 0 Å². The fourth-order valence-electron chi connectivity index (χ4n) is 3.41. The number of nitrogens with zero attached hydrogens (tertiary/aromatic N) is 2. The second kappa shape index (κ2) is 7.58. The topological polar surface area (TPSA) is 59.0 Å². The van der Waals surface area contributed by atoms with E-state index in [-0.39, 0.29) is 35.6 Å². The van der Waals surface area contributed by atoms with Crippen molar-refractivity contribution in [3.05, 3.63) is 47.8 Å². The summed E-state index contributed by atoms with van der Waals surface area (Å²) in [7, 11) is 1.90. The normalized spacial score (nSPS) is 20.2. The lowest BCUT2D eigenvalue weighted by atomic mass is 9.85. The molecule has 6 heteroatoms. The molecule has 0 aliphatic carbocycles. The van der Waals surface area contributed by atoms with Crippen LogP contribution in [0.4, 0.5) is 5.69 Å². The van der Waals surface area contributed by atoms with Crippen molar-refractivity contribution in [3.8, 4) is 0 Å². The van der Waals surface area contributed by atoms with E-state index in [2.05, 4.69) is 42.6 Å². The molecule has 3 rings (SSSR count). The minimum absolute atomic E-state index is 0. The third-order valence-electron chi connectivity index (χ3n) is 4.70. The van der Waals surface area contributed by atoms with Crippen molar-refractivity contribution in [3.63, 3.8) is 0 Å². The van der Waals surface area contributed by atoms with Crippen LogP contribution in [-0.2, 0) is 17.3 Å². The average molecular weight is 363 g/mol. The number of aromatic nitrogens is 2. The first-order chi connectivity index (χ1) is 11.4. The van der Waals surface area contributed by atoms with Gasteiger partial charge in [0.05, 0.1) is 12.1 Å². The Balaban J connectivity index is 0.00000225. The minimum atomic E-state index is -0.0813. The summed E-state index contributed by atoms with van der Waals surface area (Å²) >= 11 is 0. The molecule has 25 heavy (non-hydrogen) atoms. The number of hydrogen-bond donors (Lipinski definition) is 2. The number of halogens is 1. The Kier molecular flexibility index (Phi) is 5.91. The summed E-state index contributed by atoms with van der Waals surface area (Å²) in [6.45, 7) is 7.99. The summed E-state index contributed by atoms with van der Waals surface area (Å²) in [6.07, 6.45) is 3.86. The van der Waals surface area contributed by atoms with Crippen molar-refractivity contribution in [2.75, 3.05) is 18.4 Å². The molecular weight excluding hydrogens is 336 g/mol. The van der Waals surface area contributed by atoms with Gasteiger partial charge in [-0.2, -0.15) is 5.10 Å². The van der Waals surface area contributed by atoms with Crippen LogP contribution in [0.5, 0.6) is 0 Å². The average Bonchev–Trinajstić information content (AvgIpc) is 3.15. The highest BCUT2D eigenvalue weighted by Crippen LogP contribution is 2.32. The molecule has 2 aromatic rings. The molecule has 1 aromatic carbocycles. The molecule has 136 valence electrons. The Hall–Kier alpha value is -1.85. The lowest BCUT2D eigenvalue weighted by molar-refractivity contribution is -0.119. The van der Waals surface area contributed by atoms with Crippen molar-refractivity contribution in [2.45, 2.75) is 32.1 Å². The van der Waals surface area contributed by atoms with E-state index in [1.54, 1.807) is 4.68 Å². The predicted octanol–water partition coefficient (Wildman–Crippen LogP) is 3.08. The molecule has 1 aromatic heterocycles. The van der Waals surface area contributed by atoms with Gasteiger partial charge in [0.25, 0.3) is 0 Å². The fourth-order valence-corrected chi connectivity index (χ4v) is 3.41. The second-order valence-corrected chi connectivity index (χ2v) is 7.60. The van der Waals surface area contributed by atoms with Crippen LogP contribution in [0.15, 0.2) is 36.7 Å². The maximum atomic E-state index is 12.9. The zero-order valence-corrected chi connectivity index (χ0v) is 16.1. The highest BCUT2D eigenvalue weighted by Gasteiger charge is 2.35. The zero-order chi connectivity index (χ0) is 17.3. The third kappa shape index (κ3) is 4.22. The number of anilines is 1. The molecule has 0 unspecified atom stereocenters. The van der Waals surface area contributed by atoms with Crippen molar-refractivity contribution < 1.29 is 4.79 Å². The van der Waals surface area contributed by atoms with Crippen LogP contribution < -0.4 is 10.6 Å². The quantitative estimate of drug-likeness (QED) is 0.882. The Bertz CT molecular complexity index is 735. The predicted molar refractivity (Wildman–Crippen MR) is 103 cm³/mol. The highest BCUT2D eigenvalue weighted by atomic mass is 35.5. The smallest absolute Gasteiger partial charge is 0.229 e. The molecule has 0 bridgehead atoms. The molecule has 0 saturated carbocycles. The monoisotopic (exact) mass is 362 g/mol. The van der Waals surface area contributed by atoms with Gasteiger partial charge < -0.3 is 10.6 Å². The van der Waals surface area contributed by atoms with Gasteiger partial charge in [0.2, 0.25) is 5.91 Å². The summed E-state index contributed by atoms with van der Waals surface area (Å²) in [5.41, 5.74) is 3.17. The van der Waals surface area contributed by atoms with Gasteiger partial charge in [0, 0.05) is 37.9 Å². The number of nitrogens with one attached hydrogen (secondary N) is 2. The maximum absolute atomic E-state index is 12.9. The van der Waals surface area contributed by atoms with E-state index in [1.165, 1.54) is 0 Å². The number of para-hydroxylation sites is 1. The van der Waals surface area contributed by atoms with Gasteiger partial charge in [-0.05, 0) is 22.6 Å². The van der Waals surface area contributed by atoms with Gasteiger partial charge in [-0.15, -0.1) is 12.4 Å². The Morgan fingerprint density at radius 2 is 2.00 bits per heavy atom. The molecule has 0 radical (unpaired) electrons. The van der Waals surface area contributed by atoms with Crippen molar-refractivity contribution >= 4 is 24.0 Å². The fraction of sp³-hybridized carbons (Fsp3) is 0.474. The lowest BCUT2D eigenvalue weighted by Crippen LogP contribution is -2.29. The van der Waals surface area contributed by atoms with Crippen LogP contribution in [0, 0.1) is 5.92 Å². The number of hydrogen-bond acceptors (Lipinski definition) is 3. The number of rotatable bonds is 3. The Morgan fingerprint density at radius 3 is 2.64 bits per heavy atom. The minimum Gasteiger partial charge on any atom is -0.326 e. The number of amides is 1. The van der Waals surface area contributed by atoms with Crippen LogP contribution in [0.1, 0.15) is 37.8 Å². The van der Waals surface area contributed by atoms with E-state index in [1.807, 2.05) is 37.6 Å². The molecule has 1 aliphatic heterocycles. The van der Waals surface area contributed by atoms with Crippen LogP contribution in [-0.4, -0.2) is 28.8 Å². The van der Waals surface area contributed by atoms with Gasteiger partial charge in [0.15, 0.2) is 0 Å². The van der Waals surface area contributed by atoms with Crippen molar-refractivity contribution in [2.24, 2.45) is 13.0 Å². The number of carbonyl (C=O) groups excluding carboxylic acids is 1. The van der Waals surface area contributed by atoms with Gasteiger partial charge in [-0.3, -0.25) is 9.48 Å². The SMILES string of the molecule is Cl.Cn1cc([C@H]2CNC[C@@H]2C(=O)Nc2ccccc2C(C)(C)C)cn1. The largest absolute Gasteiger partial charge is 0.326 e. The van der Waals surface area contributed by atoms with E-state index >= 15 is 0 Å². The Labute approximate surface area is 155 Å². The first kappa shape index (κ1) is 19.5. The zero-order valence-electron chi connectivity index (χ0n) is 15.2. The van der Waals surface area contributed by atoms with E-state index in [0.29, 0.717) is 6.54 Å². The van der Waals surface area contributed by atoms with Gasteiger partial charge >= 0.3 is 0 Å². The van der Waals surface area contributed by atoms with Crippen LogP contribution in [0.3, 0.4) is 0 Å². The van der Waals surface area contributed by atoms with E-state index < -0.39 is 0 Å². The van der Waals surface area contributed by atoms with Gasteiger partial charge in [0.1, 0.15) is 0 Å². The molecule has 2 heterocycles. The molecule has 1 fully saturated rings. The standard InChI is InChI=1S/C19H26N4O.ClH/c1-19(2,3)16-7-5-6-8-17(16)22-18(24)15-11-20-10-14(15)13-9-21-23(4)12-13;/h5-9,12,14-15,20H,10-11H2,1-4H3,(H,22,24);1H/t14-,15+;/m1./s1. The first-order valence-electron chi connectivity index (χ1n) is 8.46. The second-order valence-electron chi connectivity index (χ2n) is 7.60. The molecule has 1 amide bonds. The molecule has 2 N–H and O–H groups in total. The molecule has 0 spiro atoms. The molecule has 1 saturated heterocycles. The summed E-state index contributed by atoms with van der Waals surface area (Å²) in [5.74, 6) is 0.160. The highest BCUT2D eigenvalue weighted by molar-refractivity contribution is 5.94. The van der Waals surface area contributed by atoms with E-state index in [4.69, 9.17) is 0 Å². The molecular formula is C19H27ClN4O. The molecule has 5 nitrogen and oxygen atoms in total. The maximum Gasteiger partial charge on any atom is 0.229 e. The number of aryl methyl sites for hydroxylation is 1. The van der Waals surface area contributed by atoms with Crippen LogP contribution >= 0.6 is 12.4 Å². The van der Waals surface area contributed by atoms with E-state index in [9.17, 15) is 4.79 Å². The van der Waals surface area contributed by atoms with E-state index in [0.717, 1.165) is 23.4 Å². The van der Waals surface area contributed by atoms with Crippen molar-refractivity contribution in [1.29, 1.82) is 0 Å². The summed E-state index contributed by atoms with van der Waals surface area (Å²) in [4.78, 5) is 12.9. The summed E-state index contributed by atoms with van der Waals surface area (Å²) in [5, 5.41) is 10.7. The number of carbonyl (C=O) groups is 1. The summed E-state index contributed by atoms with van der Waals surface area (Å²) in [6, 6.07) is 8.06. The van der Waals surface area contributed by atoms with Crippen molar-refractivity contribution in [1.82, 2.24) is 15.1 Å². The Morgan fingerprint density at radius 1 is 1.28 bits per heavy atom. The molecule has 1 aliphatic rings. The number of benzene rings is 1. The first-order valence-corrected chi connectivity index (χ1v) is 8.46. The molecule has 2 atom stereocenters.